The Bertz CT molecular complexity index is 832. The molecule has 5 nitrogen and oxygen atoms in total. The Hall–Kier alpha value is -2.53. The summed E-state index contributed by atoms with van der Waals surface area (Å²) in [7, 11) is 1.51. The minimum absolute atomic E-state index is 0.0983. The second-order valence-corrected chi connectivity index (χ2v) is 7.26. The molecule has 2 aromatic rings. The third-order valence-corrected chi connectivity index (χ3v) is 4.70. The number of carbonyl (C=O) groups excluding carboxylic acids is 2. The van der Waals surface area contributed by atoms with Crippen molar-refractivity contribution in [1.29, 1.82) is 0 Å². The van der Waals surface area contributed by atoms with Gasteiger partial charge in [0, 0.05) is 16.7 Å². The van der Waals surface area contributed by atoms with Gasteiger partial charge in [-0.2, -0.15) is 0 Å². The number of hydrogen-bond acceptors (Lipinski definition) is 3. The van der Waals surface area contributed by atoms with Gasteiger partial charge in [0.15, 0.2) is 0 Å². The van der Waals surface area contributed by atoms with Gasteiger partial charge in [0.2, 0.25) is 5.91 Å². The van der Waals surface area contributed by atoms with E-state index in [1.165, 1.54) is 7.11 Å². The van der Waals surface area contributed by atoms with E-state index in [1.54, 1.807) is 24.3 Å². The van der Waals surface area contributed by atoms with Crippen LogP contribution in [-0.4, -0.2) is 25.0 Å². The summed E-state index contributed by atoms with van der Waals surface area (Å²) in [6.45, 7) is 7.55. The van der Waals surface area contributed by atoms with Crippen LogP contribution in [0.15, 0.2) is 36.4 Å². The lowest BCUT2D eigenvalue weighted by molar-refractivity contribution is -0.118. The van der Waals surface area contributed by atoms with Crippen molar-refractivity contribution >= 4 is 29.1 Å². The molecule has 0 aliphatic heterocycles. The van der Waals surface area contributed by atoms with E-state index in [4.69, 9.17) is 16.3 Å². The third kappa shape index (κ3) is 5.23. The van der Waals surface area contributed by atoms with Crippen LogP contribution in [-0.2, 0) is 4.79 Å². The van der Waals surface area contributed by atoms with Crippen LogP contribution in [0.2, 0.25) is 5.02 Å². The highest BCUT2D eigenvalue weighted by atomic mass is 35.5. The summed E-state index contributed by atoms with van der Waals surface area (Å²) in [4.78, 5) is 25.3. The van der Waals surface area contributed by atoms with E-state index in [0.717, 1.165) is 11.1 Å². The van der Waals surface area contributed by atoms with E-state index in [0.29, 0.717) is 22.0 Å². The van der Waals surface area contributed by atoms with E-state index < -0.39 is 6.04 Å². The van der Waals surface area contributed by atoms with Gasteiger partial charge in [-0.3, -0.25) is 9.59 Å². The van der Waals surface area contributed by atoms with Crippen molar-refractivity contribution in [2.45, 2.75) is 33.7 Å². The number of amides is 2. The maximum absolute atomic E-state index is 12.8. The molecule has 6 heteroatoms. The Morgan fingerprint density at radius 2 is 1.70 bits per heavy atom. The van der Waals surface area contributed by atoms with Crippen LogP contribution >= 0.6 is 11.6 Å². The van der Waals surface area contributed by atoms with Gasteiger partial charge >= 0.3 is 0 Å². The lowest BCUT2D eigenvalue weighted by atomic mass is 10.0. The van der Waals surface area contributed by atoms with Crippen molar-refractivity contribution in [3.05, 3.63) is 58.1 Å². The van der Waals surface area contributed by atoms with Gasteiger partial charge < -0.3 is 15.4 Å². The molecule has 1 unspecified atom stereocenters. The smallest absolute Gasteiger partial charge is 0.251 e. The molecule has 2 rings (SSSR count). The van der Waals surface area contributed by atoms with Crippen LogP contribution in [0.3, 0.4) is 0 Å². The summed E-state index contributed by atoms with van der Waals surface area (Å²) < 4.78 is 5.30. The molecular weight excluding hydrogens is 364 g/mol. The molecule has 0 aliphatic carbocycles. The summed E-state index contributed by atoms with van der Waals surface area (Å²) in [6, 6.07) is 9.91. The molecule has 0 saturated heterocycles. The number of anilines is 1. The van der Waals surface area contributed by atoms with Crippen LogP contribution in [0, 0.1) is 19.8 Å². The van der Waals surface area contributed by atoms with Crippen molar-refractivity contribution in [2.24, 2.45) is 5.92 Å². The number of nitrogens with one attached hydrogen (secondary N) is 2. The van der Waals surface area contributed by atoms with Crippen LogP contribution in [0.4, 0.5) is 5.69 Å². The van der Waals surface area contributed by atoms with E-state index in [1.807, 2.05) is 39.8 Å². The molecular formula is C21H25ClN2O3. The van der Waals surface area contributed by atoms with Gasteiger partial charge in [-0.05, 0) is 43.5 Å². The lowest BCUT2D eigenvalue weighted by Gasteiger charge is -2.22. The van der Waals surface area contributed by atoms with Gasteiger partial charge in [0.25, 0.3) is 5.91 Å². The summed E-state index contributed by atoms with van der Waals surface area (Å²) >= 11 is 6.11. The molecule has 0 fully saturated rings. The standard InChI is InChI=1S/C21H25ClN2O3/c1-12(2)19(24-20(25)15-8-6-13(3)7-9-15)21(26)23-17-10-14(4)16(22)11-18(17)27-5/h6-12,19H,1-5H3,(H,23,26)(H,24,25). The van der Waals surface area contributed by atoms with Gasteiger partial charge in [-0.15, -0.1) is 0 Å². The van der Waals surface area contributed by atoms with Crippen LogP contribution in [0.1, 0.15) is 35.3 Å². The summed E-state index contributed by atoms with van der Waals surface area (Å²) in [5.41, 5.74) is 2.91. The van der Waals surface area contributed by atoms with Gasteiger partial charge in [-0.25, -0.2) is 0 Å². The second kappa shape index (κ2) is 8.91. The van der Waals surface area contributed by atoms with Gasteiger partial charge in [0.1, 0.15) is 11.8 Å². The number of benzene rings is 2. The SMILES string of the molecule is COc1cc(Cl)c(C)cc1NC(=O)C(NC(=O)c1ccc(C)cc1)C(C)C. The highest BCUT2D eigenvalue weighted by Crippen LogP contribution is 2.31. The maximum Gasteiger partial charge on any atom is 0.251 e. The zero-order valence-corrected chi connectivity index (χ0v) is 17.0. The number of carbonyl (C=O) groups is 2. The number of methoxy groups -OCH3 is 1. The quantitative estimate of drug-likeness (QED) is 0.772. The Kier molecular flexibility index (Phi) is 6.86. The van der Waals surface area contributed by atoms with E-state index in [2.05, 4.69) is 10.6 Å². The largest absolute Gasteiger partial charge is 0.495 e. The van der Waals surface area contributed by atoms with Gasteiger partial charge in [-0.1, -0.05) is 43.1 Å². The fourth-order valence-corrected chi connectivity index (χ4v) is 2.76. The summed E-state index contributed by atoms with van der Waals surface area (Å²) in [6.07, 6.45) is 0. The molecule has 0 heterocycles. The van der Waals surface area contributed by atoms with Crippen molar-refractivity contribution < 1.29 is 14.3 Å². The van der Waals surface area contributed by atoms with Gasteiger partial charge in [0.05, 0.1) is 12.8 Å². The molecule has 0 aromatic heterocycles. The summed E-state index contributed by atoms with van der Waals surface area (Å²) in [5, 5.41) is 6.21. The van der Waals surface area contributed by atoms with Crippen molar-refractivity contribution in [3.8, 4) is 5.75 Å². The zero-order chi connectivity index (χ0) is 20.1. The average molecular weight is 389 g/mol. The summed E-state index contributed by atoms with van der Waals surface area (Å²) in [5.74, 6) is -0.237. The van der Waals surface area contributed by atoms with Crippen LogP contribution in [0.25, 0.3) is 0 Å². The minimum atomic E-state index is -0.695. The van der Waals surface area contributed by atoms with Crippen molar-refractivity contribution in [3.63, 3.8) is 0 Å². The predicted molar refractivity (Wildman–Crippen MR) is 109 cm³/mol. The number of ether oxygens (including phenoxy) is 1. The van der Waals surface area contributed by atoms with Crippen molar-refractivity contribution in [1.82, 2.24) is 5.32 Å². The molecule has 1 atom stereocenters. The molecule has 2 N–H and O–H groups in total. The first-order valence-electron chi connectivity index (χ1n) is 8.75. The Labute approximate surface area is 165 Å². The minimum Gasteiger partial charge on any atom is -0.495 e. The monoisotopic (exact) mass is 388 g/mol. The molecule has 144 valence electrons. The van der Waals surface area contributed by atoms with Crippen molar-refractivity contribution in [2.75, 3.05) is 12.4 Å². The number of aryl methyl sites for hydroxylation is 2. The van der Waals surface area contributed by atoms with E-state index >= 15 is 0 Å². The molecule has 2 aromatic carbocycles. The number of hydrogen-bond donors (Lipinski definition) is 2. The molecule has 2 amide bonds. The first-order chi connectivity index (χ1) is 12.7. The molecule has 0 bridgehead atoms. The normalized spacial score (nSPS) is 11.8. The molecule has 0 radical (unpaired) electrons. The first-order valence-corrected chi connectivity index (χ1v) is 9.13. The fourth-order valence-electron chi connectivity index (χ4n) is 2.60. The van der Waals surface area contributed by atoms with E-state index in [-0.39, 0.29) is 17.7 Å². The average Bonchev–Trinajstić information content (AvgIpc) is 2.62. The highest BCUT2D eigenvalue weighted by molar-refractivity contribution is 6.31. The number of rotatable bonds is 6. The zero-order valence-electron chi connectivity index (χ0n) is 16.2. The topological polar surface area (TPSA) is 67.4 Å². The molecule has 0 spiro atoms. The fraction of sp³-hybridized carbons (Fsp3) is 0.333. The third-order valence-electron chi connectivity index (χ3n) is 4.29. The van der Waals surface area contributed by atoms with Crippen LogP contribution in [0.5, 0.6) is 5.75 Å². The first kappa shape index (κ1) is 20.8. The second-order valence-electron chi connectivity index (χ2n) is 6.85. The number of halogens is 1. The van der Waals surface area contributed by atoms with Crippen LogP contribution < -0.4 is 15.4 Å². The lowest BCUT2D eigenvalue weighted by Crippen LogP contribution is -2.47. The van der Waals surface area contributed by atoms with E-state index in [9.17, 15) is 9.59 Å². The Morgan fingerprint density at radius 3 is 2.26 bits per heavy atom. The predicted octanol–water partition coefficient (Wildman–Crippen LogP) is 4.36. The Balaban J connectivity index is 2.19. The molecule has 27 heavy (non-hydrogen) atoms. The maximum atomic E-state index is 12.8. The molecule has 0 saturated carbocycles. The molecule has 0 aliphatic rings. The Morgan fingerprint density at radius 1 is 1.07 bits per heavy atom. The highest BCUT2D eigenvalue weighted by Gasteiger charge is 2.25.